The van der Waals surface area contributed by atoms with Crippen LogP contribution in [0.5, 0.6) is 0 Å². The van der Waals surface area contributed by atoms with Gasteiger partial charge in [0.25, 0.3) is 0 Å². The summed E-state index contributed by atoms with van der Waals surface area (Å²) in [6.45, 7) is 1.97. The first kappa shape index (κ1) is 12.9. The molecule has 0 saturated heterocycles. The molecule has 0 aromatic carbocycles. The van der Waals surface area contributed by atoms with Crippen molar-refractivity contribution in [3.8, 4) is 0 Å². The molecule has 0 aromatic heterocycles. The van der Waals surface area contributed by atoms with E-state index in [1.807, 2.05) is 6.92 Å². The van der Waals surface area contributed by atoms with Gasteiger partial charge in [0.05, 0.1) is 11.7 Å². The van der Waals surface area contributed by atoms with Crippen molar-refractivity contribution in [2.75, 3.05) is 0 Å². The molecule has 2 nitrogen and oxygen atoms in total. The fourth-order valence-corrected chi connectivity index (χ4v) is 3.01. The van der Waals surface area contributed by atoms with Crippen LogP contribution in [-0.2, 0) is 0 Å². The summed E-state index contributed by atoms with van der Waals surface area (Å²) in [6.07, 6.45) is 8.87. The lowest BCUT2D eigenvalue weighted by atomic mass is 9.79. The van der Waals surface area contributed by atoms with Crippen molar-refractivity contribution >= 4 is 0 Å². The third-order valence-corrected chi connectivity index (χ3v) is 4.30. The Bertz CT molecular complexity index is 331. The highest BCUT2D eigenvalue weighted by Gasteiger charge is 2.31. The van der Waals surface area contributed by atoms with Gasteiger partial charge in [-0.3, -0.25) is 0 Å². The molecular weight excluding hydrogens is 212 g/mol. The SMILES string of the molecule is CC(=C=C1CCCC[C@@H]1O)C1(O)CCCCC1. The van der Waals surface area contributed by atoms with E-state index >= 15 is 0 Å². The molecule has 17 heavy (non-hydrogen) atoms. The minimum Gasteiger partial charge on any atom is -0.388 e. The number of hydrogen-bond acceptors (Lipinski definition) is 2. The lowest BCUT2D eigenvalue weighted by molar-refractivity contribution is 0.0397. The summed E-state index contributed by atoms with van der Waals surface area (Å²) in [5.41, 5.74) is 4.61. The number of hydrogen-bond donors (Lipinski definition) is 2. The summed E-state index contributed by atoms with van der Waals surface area (Å²) < 4.78 is 0. The number of rotatable bonds is 1. The van der Waals surface area contributed by atoms with E-state index in [0.29, 0.717) is 0 Å². The van der Waals surface area contributed by atoms with E-state index < -0.39 is 5.60 Å². The Morgan fingerprint density at radius 1 is 1.18 bits per heavy atom. The van der Waals surface area contributed by atoms with Crippen molar-refractivity contribution in [1.29, 1.82) is 0 Å². The zero-order chi connectivity index (χ0) is 12.3. The van der Waals surface area contributed by atoms with Gasteiger partial charge in [0.15, 0.2) is 0 Å². The van der Waals surface area contributed by atoms with Crippen molar-refractivity contribution in [1.82, 2.24) is 0 Å². The molecule has 0 bridgehead atoms. The highest BCUT2D eigenvalue weighted by Crippen LogP contribution is 2.34. The highest BCUT2D eigenvalue weighted by molar-refractivity contribution is 5.20. The Morgan fingerprint density at radius 2 is 1.88 bits per heavy atom. The molecular formula is C15H24O2. The fourth-order valence-electron chi connectivity index (χ4n) is 3.01. The van der Waals surface area contributed by atoms with E-state index in [4.69, 9.17) is 0 Å². The van der Waals surface area contributed by atoms with Gasteiger partial charge in [-0.1, -0.05) is 25.7 Å². The lowest BCUT2D eigenvalue weighted by Crippen LogP contribution is -2.32. The van der Waals surface area contributed by atoms with E-state index in [0.717, 1.165) is 62.5 Å². The van der Waals surface area contributed by atoms with Gasteiger partial charge in [0, 0.05) is 11.1 Å². The molecule has 0 amide bonds. The Hall–Kier alpha value is -0.560. The molecule has 0 spiro atoms. The third kappa shape index (κ3) is 3.01. The van der Waals surface area contributed by atoms with Gasteiger partial charge in [-0.15, -0.1) is 5.73 Å². The van der Waals surface area contributed by atoms with Crippen LogP contribution in [0.3, 0.4) is 0 Å². The minimum atomic E-state index is -0.650. The maximum Gasteiger partial charge on any atom is 0.0927 e. The first-order valence-corrected chi connectivity index (χ1v) is 6.99. The molecule has 0 heterocycles. The van der Waals surface area contributed by atoms with Crippen LogP contribution in [0.25, 0.3) is 0 Å². The average molecular weight is 236 g/mol. The van der Waals surface area contributed by atoms with Crippen molar-refractivity contribution < 1.29 is 10.2 Å². The standard InChI is InChI=1S/C15H24O2/c1-12(15(17)9-5-2-6-10-15)11-13-7-3-4-8-14(13)16/h14,16-17H,2-10H2,1H3/t11?,14-/m0/s1. The molecule has 0 aliphatic heterocycles. The van der Waals surface area contributed by atoms with E-state index in [9.17, 15) is 10.2 Å². The van der Waals surface area contributed by atoms with Gasteiger partial charge in [-0.25, -0.2) is 0 Å². The van der Waals surface area contributed by atoms with E-state index in [1.54, 1.807) is 0 Å². The van der Waals surface area contributed by atoms with E-state index in [-0.39, 0.29) is 6.10 Å². The summed E-state index contributed by atoms with van der Waals surface area (Å²) >= 11 is 0. The van der Waals surface area contributed by atoms with Crippen LogP contribution in [0.15, 0.2) is 16.9 Å². The first-order valence-electron chi connectivity index (χ1n) is 6.99. The molecule has 2 heteroatoms. The number of aliphatic hydroxyl groups excluding tert-OH is 1. The molecule has 2 fully saturated rings. The molecule has 0 radical (unpaired) electrons. The summed E-state index contributed by atoms with van der Waals surface area (Å²) in [5.74, 6) is 0. The van der Waals surface area contributed by atoms with Gasteiger partial charge in [-0.05, 0) is 39.0 Å². The quantitative estimate of drug-likeness (QED) is 0.687. The molecule has 2 N–H and O–H groups in total. The molecule has 2 rings (SSSR count). The molecule has 2 aliphatic carbocycles. The second kappa shape index (κ2) is 5.39. The predicted molar refractivity (Wildman–Crippen MR) is 68.7 cm³/mol. The summed E-state index contributed by atoms with van der Waals surface area (Å²) in [7, 11) is 0. The molecule has 96 valence electrons. The van der Waals surface area contributed by atoms with Crippen molar-refractivity contribution in [3.63, 3.8) is 0 Å². The van der Waals surface area contributed by atoms with Crippen LogP contribution in [0.4, 0.5) is 0 Å². The maximum atomic E-state index is 10.6. The molecule has 0 aromatic rings. The topological polar surface area (TPSA) is 40.5 Å². The normalized spacial score (nSPS) is 28.6. The predicted octanol–water partition coefficient (Wildman–Crippen LogP) is 3.09. The molecule has 1 atom stereocenters. The smallest absolute Gasteiger partial charge is 0.0927 e. The van der Waals surface area contributed by atoms with E-state index in [1.165, 1.54) is 6.42 Å². The van der Waals surface area contributed by atoms with Crippen LogP contribution in [-0.4, -0.2) is 21.9 Å². The fraction of sp³-hybridized carbons (Fsp3) is 0.800. The van der Waals surface area contributed by atoms with Crippen LogP contribution in [0, 0.1) is 0 Å². The summed E-state index contributed by atoms with van der Waals surface area (Å²) in [6, 6.07) is 0. The zero-order valence-electron chi connectivity index (χ0n) is 10.8. The van der Waals surface area contributed by atoms with Gasteiger partial charge in [-0.2, -0.15) is 0 Å². The Morgan fingerprint density at radius 3 is 2.53 bits per heavy atom. The van der Waals surface area contributed by atoms with Gasteiger partial charge in [0.2, 0.25) is 0 Å². The lowest BCUT2D eigenvalue weighted by Gasteiger charge is -2.32. The Balaban J connectivity index is 2.21. The van der Waals surface area contributed by atoms with Gasteiger partial charge in [0.1, 0.15) is 0 Å². The molecule has 2 saturated carbocycles. The summed E-state index contributed by atoms with van der Waals surface area (Å²) in [5, 5.41) is 20.5. The Kier molecular flexibility index (Phi) is 4.09. The first-order chi connectivity index (χ1) is 8.12. The minimum absolute atomic E-state index is 0.328. The second-order valence-electron chi connectivity index (χ2n) is 5.63. The molecule has 2 aliphatic rings. The zero-order valence-corrected chi connectivity index (χ0v) is 10.8. The largest absolute Gasteiger partial charge is 0.388 e. The van der Waals surface area contributed by atoms with Crippen molar-refractivity contribution in [2.24, 2.45) is 0 Å². The van der Waals surface area contributed by atoms with Gasteiger partial charge < -0.3 is 10.2 Å². The van der Waals surface area contributed by atoms with Crippen LogP contribution in [0.2, 0.25) is 0 Å². The van der Waals surface area contributed by atoms with Crippen LogP contribution in [0.1, 0.15) is 64.7 Å². The number of aliphatic hydroxyl groups is 2. The molecule has 0 unspecified atom stereocenters. The highest BCUT2D eigenvalue weighted by atomic mass is 16.3. The second-order valence-corrected chi connectivity index (χ2v) is 5.63. The van der Waals surface area contributed by atoms with E-state index in [2.05, 4.69) is 5.73 Å². The Labute approximate surface area is 104 Å². The maximum absolute atomic E-state index is 10.6. The monoisotopic (exact) mass is 236 g/mol. The summed E-state index contributed by atoms with van der Waals surface area (Å²) in [4.78, 5) is 0. The van der Waals surface area contributed by atoms with Gasteiger partial charge >= 0.3 is 0 Å². The van der Waals surface area contributed by atoms with Crippen LogP contribution < -0.4 is 0 Å². The van der Waals surface area contributed by atoms with Crippen molar-refractivity contribution in [2.45, 2.75) is 76.4 Å². The van der Waals surface area contributed by atoms with Crippen molar-refractivity contribution in [3.05, 3.63) is 16.9 Å². The van der Waals surface area contributed by atoms with Crippen LogP contribution >= 0.6 is 0 Å². The average Bonchev–Trinajstić information content (AvgIpc) is 2.33. The third-order valence-electron chi connectivity index (χ3n) is 4.30.